The van der Waals surface area contributed by atoms with E-state index in [0.717, 1.165) is 18.4 Å². The van der Waals surface area contributed by atoms with Crippen molar-refractivity contribution in [2.75, 3.05) is 20.2 Å². The average Bonchev–Trinajstić information content (AvgIpc) is 2.38. The van der Waals surface area contributed by atoms with Crippen molar-refractivity contribution in [1.29, 1.82) is 0 Å². The highest BCUT2D eigenvalue weighted by molar-refractivity contribution is 5.74. The van der Waals surface area contributed by atoms with Gasteiger partial charge in [0.2, 0.25) is 0 Å². The molecular formula is C14H22N2O3. The van der Waals surface area contributed by atoms with Crippen LogP contribution in [-0.2, 0) is 6.42 Å². The lowest BCUT2D eigenvalue weighted by atomic mass is 10.1. The SMILES string of the molecule is CC(CCc1ccc(O)cc1)NC(=O)N(C)CCO. The molecule has 0 heterocycles. The van der Waals surface area contributed by atoms with Crippen molar-refractivity contribution in [3.63, 3.8) is 0 Å². The van der Waals surface area contributed by atoms with Gasteiger partial charge in [0.1, 0.15) is 5.75 Å². The van der Waals surface area contributed by atoms with Crippen LogP contribution < -0.4 is 5.32 Å². The second-order valence-electron chi connectivity index (χ2n) is 4.70. The van der Waals surface area contributed by atoms with Crippen molar-refractivity contribution in [3.8, 4) is 5.75 Å². The normalized spacial score (nSPS) is 11.9. The summed E-state index contributed by atoms with van der Waals surface area (Å²) >= 11 is 0. The number of hydrogen-bond donors (Lipinski definition) is 3. The van der Waals surface area contributed by atoms with Crippen LogP contribution in [0.25, 0.3) is 0 Å². The van der Waals surface area contributed by atoms with E-state index in [2.05, 4.69) is 5.32 Å². The molecule has 5 heteroatoms. The number of carbonyl (C=O) groups is 1. The number of phenolic OH excluding ortho intramolecular Hbond substituents is 1. The average molecular weight is 266 g/mol. The van der Waals surface area contributed by atoms with Gasteiger partial charge in [-0.05, 0) is 37.5 Å². The largest absolute Gasteiger partial charge is 0.508 e. The van der Waals surface area contributed by atoms with Crippen LogP contribution in [0.5, 0.6) is 5.75 Å². The van der Waals surface area contributed by atoms with Crippen LogP contribution in [0, 0.1) is 0 Å². The number of aromatic hydroxyl groups is 1. The fourth-order valence-corrected chi connectivity index (χ4v) is 1.69. The van der Waals surface area contributed by atoms with E-state index in [1.807, 2.05) is 19.1 Å². The number of aryl methyl sites for hydroxylation is 1. The number of benzene rings is 1. The van der Waals surface area contributed by atoms with E-state index in [0.29, 0.717) is 6.54 Å². The summed E-state index contributed by atoms with van der Waals surface area (Å²) in [6.45, 7) is 2.24. The smallest absolute Gasteiger partial charge is 0.317 e. The molecule has 0 aliphatic carbocycles. The third-order valence-corrected chi connectivity index (χ3v) is 2.95. The van der Waals surface area contributed by atoms with Gasteiger partial charge in [-0.2, -0.15) is 0 Å². The molecule has 2 amide bonds. The standard InChI is InChI=1S/C14H22N2O3/c1-11(15-14(19)16(2)9-10-17)3-4-12-5-7-13(18)8-6-12/h5-8,11,17-18H,3-4,9-10H2,1-2H3,(H,15,19). The Labute approximate surface area is 113 Å². The summed E-state index contributed by atoms with van der Waals surface area (Å²) in [7, 11) is 1.65. The number of phenols is 1. The Kier molecular flexibility index (Phi) is 6.15. The van der Waals surface area contributed by atoms with E-state index < -0.39 is 0 Å². The molecule has 1 aromatic rings. The van der Waals surface area contributed by atoms with Crippen LogP contribution in [0.2, 0.25) is 0 Å². The van der Waals surface area contributed by atoms with E-state index in [1.54, 1.807) is 19.2 Å². The maximum absolute atomic E-state index is 11.7. The highest BCUT2D eigenvalue weighted by Gasteiger charge is 2.11. The molecule has 1 unspecified atom stereocenters. The Hall–Kier alpha value is -1.75. The van der Waals surface area contributed by atoms with Crippen LogP contribution in [0.3, 0.4) is 0 Å². The minimum atomic E-state index is -0.174. The second kappa shape index (κ2) is 7.63. The first-order chi connectivity index (χ1) is 9.02. The summed E-state index contributed by atoms with van der Waals surface area (Å²) in [6, 6.07) is 6.96. The van der Waals surface area contributed by atoms with E-state index in [9.17, 15) is 9.90 Å². The molecule has 0 fully saturated rings. The zero-order valence-electron chi connectivity index (χ0n) is 11.5. The minimum Gasteiger partial charge on any atom is -0.508 e. The molecule has 19 heavy (non-hydrogen) atoms. The Morgan fingerprint density at radius 1 is 1.37 bits per heavy atom. The highest BCUT2D eigenvalue weighted by atomic mass is 16.3. The summed E-state index contributed by atoms with van der Waals surface area (Å²) in [5, 5.41) is 20.8. The molecule has 0 bridgehead atoms. The van der Waals surface area contributed by atoms with Crippen molar-refractivity contribution < 1.29 is 15.0 Å². The fourth-order valence-electron chi connectivity index (χ4n) is 1.69. The number of nitrogens with zero attached hydrogens (tertiary/aromatic N) is 1. The Morgan fingerprint density at radius 2 is 2.00 bits per heavy atom. The van der Waals surface area contributed by atoms with Crippen molar-refractivity contribution in [3.05, 3.63) is 29.8 Å². The monoisotopic (exact) mass is 266 g/mol. The summed E-state index contributed by atoms with van der Waals surface area (Å²) in [5.74, 6) is 0.260. The number of carbonyl (C=O) groups excluding carboxylic acids is 1. The topological polar surface area (TPSA) is 72.8 Å². The van der Waals surface area contributed by atoms with E-state index in [1.165, 1.54) is 4.90 Å². The van der Waals surface area contributed by atoms with E-state index >= 15 is 0 Å². The van der Waals surface area contributed by atoms with Gasteiger partial charge in [0.25, 0.3) is 0 Å². The lowest BCUT2D eigenvalue weighted by molar-refractivity contribution is 0.187. The number of hydrogen-bond acceptors (Lipinski definition) is 3. The van der Waals surface area contributed by atoms with E-state index in [4.69, 9.17) is 5.11 Å². The van der Waals surface area contributed by atoms with Crippen LogP contribution >= 0.6 is 0 Å². The molecule has 0 saturated heterocycles. The zero-order valence-corrected chi connectivity index (χ0v) is 11.5. The quantitative estimate of drug-likeness (QED) is 0.727. The van der Waals surface area contributed by atoms with Gasteiger partial charge >= 0.3 is 6.03 Å². The van der Waals surface area contributed by atoms with Crippen molar-refractivity contribution in [1.82, 2.24) is 10.2 Å². The van der Waals surface area contributed by atoms with Gasteiger partial charge in [0, 0.05) is 19.6 Å². The molecule has 1 aromatic carbocycles. The molecule has 3 N–H and O–H groups in total. The number of aliphatic hydroxyl groups excluding tert-OH is 1. The molecule has 5 nitrogen and oxygen atoms in total. The molecule has 0 spiro atoms. The van der Waals surface area contributed by atoms with Gasteiger partial charge in [0.15, 0.2) is 0 Å². The minimum absolute atomic E-state index is 0.0359. The lowest BCUT2D eigenvalue weighted by Gasteiger charge is -2.20. The molecule has 0 aliphatic rings. The number of amides is 2. The predicted octanol–water partition coefficient (Wildman–Crippen LogP) is 1.35. The predicted molar refractivity (Wildman–Crippen MR) is 74.1 cm³/mol. The van der Waals surface area contributed by atoms with Gasteiger partial charge in [-0.15, -0.1) is 0 Å². The molecule has 106 valence electrons. The number of nitrogens with one attached hydrogen (secondary N) is 1. The van der Waals surface area contributed by atoms with Gasteiger partial charge < -0.3 is 20.4 Å². The van der Waals surface area contributed by atoms with Crippen LogP contribution in [-0.4, -0.2) is 47.4 Å². The second-order valence-corrected chi connectivity index (χ2v) is 4.70. The Morgan fingerprint density at radius 3 is 2.58 bits per heavy atom. The Bertz CT molecular complexity index is 392. The first-order valence-corrected chi connectivity index (χ1v) is 6.43. The molecule has 1 atom stereocenters. The van der Waals surface area contributed by atoms with Crippen LogP contribution in [0.15, 0.2) is 24.3 Å². The molecule has 0 radical (unpaired) electrons. The summed E-state index contributed by atoms with van der Waals surface area (Å²) in [6.07, 6.45) is 1.66. The maximum Gasteiger partial charge on any atom is 0.317 e. The van der Waals surface area contributed by atoms with Crippen LogP contribution in [0.1, 0.15) is 18.9 Å². The van der Waals surface area contributed by atoms with Crippen LogP contribution in [0.4, 0.5) is 4.79 Å². The molecule has 0 aromatic heterocycles. The van der Waals surface area contributed by atoms with Gasteiger partial charge in [-0.25, -0.2) is 4.79 Å². The zero-order chi connectivity index (χ0) is 14.3. The maximum atomic E-state index is 11.7. The number of rotatable bonds is 6. The molecular weight excluding hydrogens is 244 g/mol. The van der Waals surface area contributed by atoms with Crippen molar-refractivity contribution in [2.45, 2.75) is 25.8 Å². The molecule has 1 rings (SSSR count). The number of likely N-dealkylation sites (N-methyl/N-ethyl adjacent to an activating group) is 1. The van der Waals surface area contributed by atoms with Crippen molar-refractivity contribution >= 4 is 6.03 Å². The number of aliphatic hydroxyl groups is 1. The third-order valence-electron chi connectivity index (χ3n) is 2.95. The van der Waals surface area contributed by atoms with Gasteiger partial charge in [-0.3, -0.25) is 0 Å². The number of urea groups is 1. The third kappa shape index (κ3) is 5.61. The summed E-state index contributed by atoms with van der Waals surface area (Å²) < 4.78 is 0. The summed E-state index contributed by atoms with van der Waals surface area (Å²) in [5.41, 5.74) is 1.13. The van der Waals surface area contributed by atoms with Gasteiger partial charge in [0.05, 0.1) is 6.61 Å². The molecule has 0 saturated carbocycles. The highest BCUT2D eigenvalue weighted by Crippen LogP contribution is 2.11. The Balaban J connectivity index is 2.33. The fraction of sp³-hybridized carbons (Fsp3) is 0.500. The van der Waals surface area contributed by atoms with E-state index in [-0.39, 0.29) is 24.4 Å². The first kappa shape index (κ1) is 15.3. The molecule has 0 aliphatic heterocycles. The first-order valence-electron chi connectivity index (χ1n) is 6.43. The lowest BCUT2D eigenvalue weighted by Crippen LogP contribution is -2.43. The van der Waals surface area contributed by atoms with Crippen molar-refractivity contribution in [2.24, 2.45) is 0 Å². The van der Waals surface area contributed by atoms with Gasteiger partial charge in [-0.1, -0.05) is 12.1 Å². The summed E-state index contributed by atoms with van der Waals surface area (Å²) in [4.78, 5) is 13.1.